The molecule has 1 amide bonds. The molecule has 0 fully saturated rings. The summed E-state index contributed by atoms with van der Waals surface area (Å²) in [5, 5.41) is 0.733. The van der Waals surface area contributed by atoms with Gasteiger partial charge in [-0.1, -0.05) is 23.7 Å². The molecule has 4 heteroatoms. The van der Waals surface area contributed by atoms with Gasteiger partial charge in [-0.25, -0.2) is 0 Å². The third kappa shape index (κ3) is 5.14. The highest BCUT2D eigenvalue weighted by atomic mass is 35.5. The summed E-state index contributed by atoms with van der Waals surface area (Å²) in [7, 11) is 1.85. The third-order valence-corrected chi connectivity index (χ3v) is 3.75. The van der Waals surface area contributed by atoms with Crippen LogP contribution in [0.25, 0.3) is 0 Å². The van der Waals surface area contributed by atoms with Crippen LogP contribution in [0.3, 0.4) is 0 Å². The number of hydrogen-bond acceptors (Lipinski definition) is 2. The van der Waals surface area contributed by atoms with Crippen LogP contribution in [0.2, 0.25) is 5.02 Å². The molecule has 0 aliphatic rings. The first-order valence-corrected chi connectivity index (χ1v) is 7.43. The maximum atomic E-state index is 12.2. The van der Waals surface area contributed by atoms with Crippen molar-refractivity contribution in [1.82, 2.24) is 9.80 Å². The summed E-state index contributed by atoms with van der Waals surface area (Å²) in [4.78, 5) is 16.2. The molecule has 0 heterocycles. The normalized spacial score (nSPS) is 11.4. The molecule has 0 aromatic heterocycles. The van der Waals surface area contributed by atoms with Crippen LogP contribution >= 0.6 is 11.6 Å². The Morgan fingerprint density at radius 3 is 2.35 bits per heavy atom. The standard InChI is InChI=1S/C16H25ClN2O/c1-12(2)18(5)16(20)11-19(13(3)4)10-14-7-6-8-15(17)9-14/h6-9,12-13H,10-11H2,1-5H3. The lowest BCUT2D eigenvalue weighted by molar-refractivity contribution is -0.133. The summed E-state index contributed by atoms with van der Waals surface area (Å²) in [6, 6.07) is 8.33. The fraction of sp³-hybridized carbons (Fsp3) is 0.562. The molecule has 0 saturated carbocycles. The van der Waals surface area contributed by atoms with Gasteiger partial charge in [-0.3, -0.25) is 9.69 Å². The van der Waals surface area contributed by atoms with Crippen LogP contribution < -0.4 is 0 Å². The van der Waals surface area contributed by atoms with E-state index in [0.29, 0.717) is 12.6 Å². The van der Waals surface area contributed by atoms with E-state index < -0.39 is 0 Å². The van der Waals surface area contributed by atoms with Gasteiger partial charge in [-0.15, -0.1) is 0 Å². The number of carbonyl (C=O) groups excluding carboxylic acids is 1. The molecule has 0 bridgehead atoms. The zero-order valence-electron chi connectivity index (χ0n) is 13.1. The Morgan fingerprint density at radius 1 is 1.20 bits per heavy atom. The lowest BCUT2D eigenvalue weighted by atomic mass is 10.2. The summed E-state index contributed by atoms with van der Waals surface area (Å²) in [5.41, 5.74) is 1.13. The Morgan fingerprint density at radius 2 is 1.85 bits per heavy atom. The van der Waals surface area contributed by atoms with E-state index in [1.807, 2.05) is 45.2 Å². The quantitative estimate of drug-likeness (QED) is 0.803. The van der Waals surface area contributed by atoms with E-state index in [1.165, 1.54) is 0 Å². The molecule has 0 saturated heterocycles. The summed E-state index contributed by atoms with van der Waals surface area (Å²) >= 11 is 6.01. The number of benzene rings is 1. The summed E-state index contributed by atoms with van der Waals surface area (Å²) in [5.74, 6) is 0.149. The van der Waals surface area contributed by atoms with E-state index in [1.54, 1.807) is 4.90 Å². The van der Waals surface area contributed by atoms with Crippen LogP contribution in [0.4, 0.5) is 0 Å². The highest BCUT2D eigenvalue weighted by Gasteiger charge is 2.18. The molecular weight excluding hydrogens is 272 g/mol. The molecule has 0 spiro atoms. The van der Waals surface area contributed by atoms with Gasteiger partial charge in [0, 0.05) is 30.7 Å². The van der Waals surface area contributed by atoms with Crippen molar-refractivity contribution in [2.75, 3.05) is 13.6 Å². The fourth-order valence-electron chi connectivity index (χ4n) is 1.86. The molecule has 0 N–H and O–H groups in total. The number of carbonyl (C=O) groups is 1. The third-order valence-electron chi connectivity index (χ3n) is 3.51. The van der Waals surface area contributed by atoms with E-state index in [2.05, 4.69) is 18.7 Å². The Labute approximate surface area is 127 Å². The van der Waals surface area contributed by atoms with Crippen LogP contribution in [0.1, 0.15) is 33.3 Å². The van der Waals surface area contributed by atoms with Gasteiger partial charge in [0.05, 0.1) is 6.54 Å². The number of rotatable bonds is 6. The van der Waals surface area contributed by atoms with Gasteiger partial charge < -0.3 is 4.90 Å². The predicted molar refractivity (Wildman–Crippen MR) is 84.9 cm³/mol. The highest BCUT2D eigenvalue weighted by Crippen LogP contribution is 2.14. The van der Waals surface area contributed by atoms with Gasteiger partial charge in [-0.05, 0) is 45.4 Å². The Balaban J connectivity index is 2.73. The second-order valence-corrected chi connectivity index (χ2v) is 6.16. The average Bonchev–Trinajstić information content (AvgIpc) is 2.36. The van der Waals surface area contributed by atoms with Gasteiger partial charge >= 0.3 is 0 Å². The molecular formula is C16H25ClN2O. The van der Waals surface area contributed by atoms with Gasteiger partial charge in [0.15, 0.2) is 0 Å². The van der Waals surface area contributed by atoms with E-state index in [-0.39, 0.29) is 11.9 Å². The number of hydrogen-bond donors (Lipinski definition) is 0. The summed E-state index contributed by atoms with van der Waals surface area (Å²) in [6.07, 6.45) is 0. The molecule has 1 rings (SSSR count). The van der Waals surface area contributed by atoms with Crippen LogP contribution in [0, 0.1) is 0 Å². The largest absolute Gasteiger partial charge is 0.342 e. The molecule has 112 valence electrons. The van der Waals surface area contributed by atoms with Crippen molar-refractivity contribution in [3.05, 3.63) is 34.9 Å². The predicted octanol–water partition coefficient (Wildman–Crippen LogP) is 3.42. The first-order valence-electron chi connectivity index (χ1n) is 7.05. The van der Waals surface area contributed by atoms with Gasteiger partial charge in [0.1, 0.15) is 0 Å². The molecule has 1 aromatic rings. The minimum Gasteiger partial charge on any atom is -0.342 e. The Hall–Kier alpha value is -1.06. The lowest BCUT2D eigenvalue weighted by Crippen LogP contribution is -2.43. The van der Waals surface area contributed by atoms with Crippen molar-refractivity contribution in [2.45, 2.75) is 46.3 Å². The maximum Gasteiger partial charge on any atom is 0.236 e. The Bertz CT molecular complexity index is 446. The van der Waals surface area contributed by atoms with Crippen LogP contribution in [0.15, 0.2) is 24.3 Å². The minimum absolute atomic E-state index is 0.149. The molecule has 0 unspecified atom stereocenters. The van der Waals surface area contributed by atoms with E-state index in [9.17, 15) is 4.79 Å². The maximum absolute atomic E-state index is 12.2. The van der Waals surface area contributed by atoms with E-state index in [4.69, 9.17) is 11.6 Å². The topological polar surface area (TPSA) is 23.6 Å². The smallest absolute Gasteiger partial charge is 0.236 e. The molecule has 0 radical (unpaired) electrons. The van der Waals surface area contributed by atoms with E-state index in [0.717, 1.165) is 17.1 Å². The number of nitrogens with zero attached hydrogens (tertiary/aromatic N) is 2. The molecule has 0 atom stereocenters. The lowest BCUT2D eigenvalue weighted by Gasteiger charge is -2.29. The zero-order chi connectivity index (χ0) is 15.3. The highest BCUT2D eigenvalue weighted by molar-refractivity contribution is 6.30. The monoisotopic (exact) mass is 296 g/mol. The number of likely N-dealkylation sites (N-methyl/N-ethyl adjacent to an activating group) is 1. The van der Waals surface area contributed by atoms with Crippen molar-refractivity contribution in [1.29, 1.82) is 0 Å². The van der Waals surface area contributed by atoms with Crippen molar-refractivity contribution in [3.8, 4) is 0 Å². The minimum atomic E-state index is 0.149. The first kappa shape index (κ1) is 17.0. The van der Waals surface area contributed by atoms with Crippen LogP contribution in [0.5, 0.6) is 0 Å². The summed E-state index contributed by atoms with van der Waals surface area (Å²) in [6.45, 7) is 9.42. The van der Waals surface area contributed by atoms with Crippen molar-refractivity contribution >= 4 is 17.5 Å². The molecule has 3 nitrogen and oxygen atoms in total. The Kier molecular flexibility index (Phi) is 6.50. The zero-order valence-corrected chi connectivity index (χ0v) is 13.8. The van der Waals surface area contributed by atoms with Crippen molar-refractivity contribution < 1.29 is 4.79 Å². The first-order chi connectivity index (χ1) is 9.31. The molecule has 1 aromatic carbocycles. The second-order valence-electron chi connectivity index (χ2n) is 5.73. The molecule has 20 heavy (non-hydrogen) atoms. The summed E-state index contributed by atoms with van der Waals surface area (Å²) < 4.78 is 0. The van der Waals surface area contributed by atoms with E-state index >= 15 is 0 Å². The average molecular weight is 297 g/mol. The second kappa shape index (κ2) is 7.65. The van der Waals surface area contributed by atoms with Crippen LogP contribution in [-0.2, 0) is 11.3 Å². The van der Waals surface area contributed by atoms with Crippen molar-refractivity contribution in [2.24, 2.45) is 0 Å². The van der Waals surface area contributed by atoms with Crippen LogP contribution in [-0.4, -0.2) is 41.4 Å². The van der Waals surface area contributed by atoms with Gasteiger partial charge in [0.25, 0.3) is 0 Å². The fourth-order valence-corrected chi connectivity index (χ4v) is 2.08. The number of halogens is 1. The molecule has 0 aliphatic carbocycles. The molecule has 0 aliphatic heterocycles. The van der Waals surface area contributed by atoms with Crippen molar-refractivity contribution in [3.63, 3.8) is 0 Å². The van der Waals surface area contributed by atoms with Gasteiger partial charge in [-0.2, -0.15) is 0 Å². The van der Waals surface area contributed by atoms with Gasteiger partial charge in [0.2, 0.25) is 5.91 Å². The SMILES string of the molecule is CC(C)N(CC(=O)N(C)C(C)C)Cc1cccc(Cl)c1. The number of amides is 1.